The Hall–Kier alpha value is -2.81. The predicted molar refractivity (Wildman–Crippen MR) is 111 cm³/mol. The molecule has 1 spiro atoms. The largest absolute Gasteiger partial charge is 0.417 e. The standard InChI is InChI=1S/C22H21ClF3N3O3/c1-12-9-15(13(2)29(12)14-5-6-17(23)16(10-14)22(24,25)26)18(30)11-28-19(31)21(27-20(28)32)7-3-4-8-21/h5-6,9-10H,3-4,7-8,11H2,1-2H3,(H,27,32). The normalized spacial score (nSPS) is 18.0. The van der Waals surface area contributed by atoms with E-state index in [1.54, 1.807) is 19.9 Å². The highest BCUT2D eigenvalue weighted by atomic mass is 35.5. The van der Waals surface area contributed by atoms with Crippen LogP contribution >= 0.6 is 11.6 Å². The number of hydrogen-bond donors (Lipinski definition) is 1. The van der Waals surface area contributed by atoms with E-state index in [4.69, 9.17) is 11.6 Å². The summed E-state index contributed by atoms with van der Waals surface area (Å²) in [7, 11) is 0. The van der Waals surface area contributed by atoms with Crippen LogP contribution in [0, 0.1) is 13.8 Å². The Morgan fingerprint density at radius 3 is 2.44 bits per heavy atom. The first-order chi connectivity index (χ1) is 14.9. The molecular weight excluding hydrogens is 447 g/mol. The molecule has 1 aromatic carbocycles. The lowest BCUT2D eigenvalue weighted by Crippen LogP contribution is -2.44. The molecule has 1 aliphatic heterocycles. The lowest BCUT2D eigenvalue weighted by atomic mass is 9.98. The maximum atomic E-state index is 13.3. The van der Waals surface area contributed by atoms with Crippen LogP contribution in [0.15, 0.2) is 24.3 Å². The van der Waals surface area contributed by atoms with Gasteiger partial charge in [0, 0.05) is 22.6 Å². The van der Waals surface area contributed by atoms with Crippen LogP contribution in [-0.4, -0.2) is 39.3 Å². The van der Waals surface area contributed by atoms with Crippen molar-refractivity contribution in [3.8, 4) is 5.69 Å². The van der Waals surface area contributed by atoms with E-state index in [-0.39, 0.29) is 11.3 Å². The van der Waals surface area contributed by atoms with Crippen molar-refractivity contribution >= 4 is 29.3 Å². The highest BCUT2D eigenvalue weighted by molar-refractivity contribution is 6.31. The third-order valence-corrected chi connectivity index (χ3v) is 6.58. The Morgan fingerprint density at radius 1 is 1.16 bits per heavy atom. The molecule has 4 rings (SSSR count). The number of carbonyl (C=O) groups is 3. The van der Waals surface area contributed by atoms with E-state index >= 15 is 0 Å². The molecule has 6 nitrogen and oxygen atoms in total. The summed E-state index contributed by atoms with van der Waals surface area (Å²) in [6.07, 6.45) is -1.87. The number of benzene rings is 1. The number of aryl methyl sites for hydroxylation is 1. The molecule has 2 heterocycles. The van der Waals surface area contributed by atoms with Crippen molar-refractivity contribution in [1.82, 2.24) is 14.8 Å². The van der Waals surface area contributed by atoms with Crippen molar-refractivity contribution in [2.75, 3.05) is 6.54 Å². The first-order valence-electron chi connectivity index (χ1n) is 10.2. The first-order valence-corrected chi connectivity index (χ1v) is 10.6. The van der Waals surface area contributed by atoms with Gasteiger partial charge in [-0.15, -0.1) is 0 Å². The first kappa shape index (κ1) is 22.4. The van der Waals surface area contributed by atoms with E-state index in [2.05, 4.69) is 5.32 Å². The second-order valence-corrected chi connectivity index (χ2v) is 8.72. The van der Waals surface area contributed by atoms with Crippen LogP contribution in [0.4, 0.5) is 18.0 Å². The number of carbonyl (C=O) groups excluding carboxylic acids is 3. The van der Waals surface area contributed by atoms with Crippen molar-refractivity contribution < 1.29 is 27.6 Å². The molecule has 1 aliphatic carbocycles. The summed E-state index contributed by atoms with van der Waals surface area (Å²) in [5, 5.41) is 2.31. The SMILES string of the molecule is Cc1cc(C(=O)CN2C(=O)NC3(CCCC3)C2=O)c(C)n1-c1ccc(Cl)c(C(F)(F)F)c1. The summed E-state index contributed by atoms with van der Waals surface area (Å²) in [6, 6.07) is 4.48. The van der Waals surface area contributed by atoms with E-state index in [0.717, 1.165) is 29.9 Å². The summed E-state index contributed by atoms with van der Waals surface area (Å²) < 4.78 is 41.4. The highest BCUT2D eigenvalue weighted by Gasteiger charge is 2.52. The number of imide groups is 1. The summed E-state index contributed by atoms with van der Waals surface area (Å²) in [5.74, 6) is -0.859. The Labute approximate surface area is 187 Å². The molecule has 0 bridgehead atoms. The van der Waals surface area contributed by atoms with Crippen molar-refractivity contribution in [3.05, 3.63) is 51.8 Å². The Balaban J connectivity index is 1.63. The van der Waals surface area contributed by atoms with Crippen molar-refractivity contribution in [3.63, 3.8) is 0 Å². The minimum Gasteiger partial charge on any atom is -0.323 e. The van der Waals surface area contributed by atoms with E-state index in [1.165, 1.54) is 10.6 Å². The van der Waals surface area contributed by atoms with Gasteiger partial charge in [0.05, 0.1) is 17.1 Å². The number of Topliss-reactive ketones (excluding diaryl/α,β-unsaturated/α-hetero) is 1. The average Bonchev–Trinajstić information content (AvgIpc) is 3.35. The molecule has 0 radical (unpaired) electrons. The molecule has 32 heavy (non-hydrogen) atoms. The molecular formula is C22H21ClF3N3O3. The van der Waals surface area contributed by atoms with Gasteiger partial charge in [0.25, 0.3) is 5.91 Å². The molecule has 2 aliphatic rings. The number of halogens is 4. The van der Waals surface area contributed by atoms with Crippen LogP contribution in [-0.2, 0) is 11.0 Å². The summed E-state index contributed by atoms with van der Waals surface area (Å²) >= 11 is 5.72. The number of alkyl halides is 3. The molecule has 0 unspecified atom stereocenters. The van der Waals surface area contributed by atoms with Crippen LogP contribution in [0.2, 0.25) is 5.02 Å². The second kappa shape index (κ2) is 7.65. The van der Waals surface area contributed by atoms with Gasteiger partial charge in [0.2, 0.25) is 0 Å². The van der Waals surface area contributed by atoms with Gasteiger partial charge in [-0.25, -0.2) is 4.79 Å². The zero-order valence-corrected chi connectivity index (χ0v) is 18.2. The summed E-state index contributed by atoms with van der Waals surface area (Å²) in [5.41, 5.74) is -0.504. The van der Waals surface area contributed by atoms with E-state index in [1.807, 2.05) is 0 Å². The lowest BCUT2D eigenvalue weighted by molar-refractivity contribution is -0.137. The van der Waals surface area contributed by atoms with Gasteiger partial charge in [-0.3, -0.25) is 14.5 Å². The lowest BCUT2D eigenvalue weighted by Gasteiger charge is -2.19. The summed E-state index contributed by atoms with van der Waals surface area (Å²) in [4.78, 5) is 39.1. The topological polar surface area (TPSA) is 71.4 Å². The molecule has 1 N–H and O–H groups in total. The number of hydrogen-bond acceptors (Lipinski definition) is 3. The Morgan fingerprint density at radius 2 is 1.81 bits per heavy atom. The second-order valence-electron chi connectivity index (χ2n) is 8.32. The van der Waals surface area contributed by atoms with E-state index in [9.17, 15) is 27.6 Å². The monoisotopic (exact) mass is 467 g/mol. The van der Waals surface area contributed by atoms with E-state index in [0.29, 0.717) is 24.2 Å². The molecule has 2 fully saturated rings. The van der Waals surface area contributed by atoms with Gasteiger partial charge in [-0.2, -0.15) is 13.2 Å². The fourth-order valence-electron chi connectivity index (χ4n) is 4.68. The minimum absolute atomic E-state index is 0.204. The molecule has 170 valence electrons. The van der Waals surface area contributed by atoms with Gasteiger partial charge in [-0.1, -0.05) is 24.4 Å². The third-order valence-electron chi connectivity index (χ3n) is 6.25. The highest BCUT2D eigenvalue weighted by Crippen LogP contribution is 2.37. The van der Waals surface area contributed by atoms with Crippen LogP contribution in [0.25, 0.3) is 5.69 Å². The van der Waals surface area contributed by atoms with Gasteiger partial charge < -0.3 is 9.88 Å². The number of nitrogens with one attached hydrogen (secondary N) is 1. The number of aromatic nitrogens is 1. The van der Waals surface area contributed by atoms with Crippen LogP contribution < -0.4 is 5.32 Å². The Bertz CT molecular complexity index is 1130. The van der Waals surface area contributed by atoms with Gasteiger partial charge in [0.15, 0.2) is 5.78 Å². The van der Waals surface area contributed by atoms with Gasteiger partial charge >= 0.3 is 12.2 Å². The molecule has 1 aromatic heterocycles. The maximum Gasteiger partial charge on any atom is 0.417 e. The third kappa shape index (κ3) is 3.58. The molecule has 2 aromatic rings. The maximum absolute atomic E-state index is 13.3. The van der Waals surface area contributed by atoms with E-state index < -0.39 is 46.6 Å². The zero-order valence-electron chi connectivity index (χ0n) is 17.5. The van der Waals surface area contributed by atoms with Gasteiger partial charge in [-0.05, 0) is 51.0 Å². The number of rotatable bonds is 4. The quantitative estimate of drug-likeness (QED) is 0.518. The van der Waals surface area contributed by atoms with Crippen LogP contribution in [0.1, 0.15) is 53.0 Å². The zero-order chi connectivity index (χ0) is 23.4. The van der Waals surface area contributed by atoms with Crippen molar-refractivity contribution in [2.45, 2.75) is 51.2 Å². The number of amides is 3. The minimum atomic E-state index is -4.62. The number of ketones is 1. The predicted octanol–water partition coefficient (Wildman–Crippen LogP) is 4.81. The molecule has 3 amide bonds. The van der Waals surface area contributed by atoms with Crippen LogP contribution in [0.5, 0.6) is 0 Å². The fraction of sp³-hybridized carbons (Fsp3) is 0.409. The summed E-state index contributed by atoms with van der Waals surface area (Å²) in [6.45, 7) is 2.84. The molecule has 0 atom stereocenters. The molecule has 1 saturated carbocycles. The fourth-order valence-corrected chi connectivity index (χ4v) is 4.90. The molecule has 10 heteroatoms. The van der Waals surface area contributed by atoms with Crippen LogP contribution in [0.3, 0.4) is 0 Å². The molecule has 1 saturated heterocycles. The van der Waals surface area contributed by atoms with Crippen molar-refractivity contribution in [2.24, 2.45) is 0 Å². The van der Waals surface area contributed by atoms with Crippen molar-refractivity contribution in [1.29, 1.82) is 0 Å². The smallest absolute Gasteiger partial charge is 0.323 e. The Kier molecular flexibility index (Phi) is 5.35. The number of nitrogens with zero attached hydrogens (tertiary/aromatic N) is 2. The average molecular weight is 468 g/mol. The number of urea groups is 1. The van der Waals surface area contributed by atoms with Gasteiger partial charge in [0.1, 0.15) is 5.54 Å².